The first-order chi connectivity index (χ1) is 13.0. The fraction of sp³-hybridized carbons (Fsp3) is 0.444. The van der Waals surface area contributed by atoms with Crippen molar-refractivity contribution >= 4 is 33.6 Å². The van der Waals surface area contributed by atoms with Crippen LogP contribution >= 0.6 is 11.3 Å². The molecule has 9 heteroatoms. The van der Waals surface area contributed by atoms with Gasteiger partial charge in [0.2, 0.25) is 5.91 Å². The molecule has 0 saturated carbocycles. The number of likely N-dealkylation sites (tertiary alicyclic amines) is 1. The highest BCUT2D eigenvalue weighted by Gasteiger charge is 2.31. The van der Waals surface area contributed by atoms with E-state index in [1.807, 2.05) is 12.3 Å². The Morgan fingerprint density at radius 1 is 1.44 bits per heavy atom. The lowest BCUT2D eigenvalue weighted by atomic mass is 10.2. The fourth-order valence-electron chi connectivity index (χ4n) is 3.31. The number of thiazole rings is 1. The molecule has 27 heavy (non-hydrogen) atoms. The molecule has 1 amide bonds. The number of aryl methyl sites for hydroxylation is 1. The molecule has 2 unspecified atom stereocenters. The van der Waals surface area contributed by atoms with Crippen molar-refractivity contribution in [1.82, 2.24) is 19.9 Å². The molecule has 8 nitrogen and oxygen atoms in total. The molecular weight excluding hydrogens is 366 g/mol. The maximum atomic E-state index is 11.1. The van der Waals surface area contributed by atoms with Crippen LogP contribution in [0.3, 0.4) is 0 Å². The molecule has 1 N–H and O–H groups in total. The van der Waals surface area contributed by atoms with Gasteiger partial charge in [-0.2, -0.15) is 4.98 Å². The Hall–Kier alpha value is -2.52. The first kappa shape index (κ1) is 17.9. The van der Waals surface area contributed by atoms with Gasteiger partial charge in [0.25, 0.3) is 0 Å². The molecule has 0 aromatic carbocycles. The van der Waals surface area contributed by atoms with E-state index in [1.54, 1.807) is 13.1 Å². The van der Waals surface area contributed by atoms with Crippen molar-refractivity contribution in [2.45, 2.75) is 45.9 Å². The third-order valence-electron chi connectivity index (χ3n) is 4.49. The van der Waals surface area contributed by atoms with E-state index in [0.717, 1.165) is 24.4 Å². The highest BCUT2D eigenvalue weighted by atomic mass is 32.1. The highest BCUT2D eigenvalue weighted by Crippen LogP contribution is 2.28. The zero-order chi connectivity index (χ0) is 19.0. The maximum absolute atomic E-state index is 11.1. The normalized spacial score (nSPS) is 20.3. The second-order valence-electron chi connectivity index (χ2n) is 6.79. The summed E-state index contributed by atoms with van der Waals surface area (Å²) in [6, 6.07) is 2.24. The van der Waals surface area contributed by atoms with Gasteiger partial charge in [-0.15, -0.1) is 11.3 Å². The van der Waals surface area contributed by atoms with E-state index in [2.05, 4.69) is 32.1 Å². The Balaban J connectivity index is 1.38. The van der Waals surface area contributed by atoms with Gasteiger partial charge >= 0.3 is 0 Å². The molecule has 0 bridgehead atoms. The molecule has 0 radical (unpaired) electrons. The first-order valence-electron chi connectivity index (χ1n) is 8.82. The molecular formula is C18H21N5O3S. The lowest BCUT2D eigenvalue weighted by molar-refractivity contribution is -0.114. The summed E-state index contributed by atoms with van der Waals surface area (Å²) in [5.74, 6) is 1.19. The predicted molar refractivity (Wildman–Crippen MR) is 102 cm³/mol. The van der Waals surface area contributed by atoms with Crippen molar-refractivity contribution < 1.29 is 13.9 Å². The van der Waals surface area contributed by atoms with E-state index in [4.69, 9.17) is 9.15 Å². The van der Waals surface area contributed by atoms with Crippen molar-refractivity contribution in [3.8, 4) is 5.75 Å². The molecule has 1 fully saturated rings. The minimum Gasteiger partial charge on any atom is -0.487 e. The van der Waals surface area contributed by atoms with Gasteiger partial charge in [0.15, 0.2) is 22.3 Å². The van der Waals surface area contributed by atoms with Crippen molar-refractivity contribution in [3.05, 3.63) is 29.2 Å². The van der Waals surface area contributed by atoms with Gasteiger partial charge in [0.1, 0.15) is 11.9 Å². The summed E-state index contributed by atoms with van der Waals surface area (Å²) in [4.78, 5) is 27.4. The lowest BCUT2D eigenvalue weighted by Crippen LogP contribution is -2.27. The van der Waals surface area contributed by atoms with Crippen LogP contribution in [0.15, 0.2) is 22.9 Å². The van der Waals surface area contributed by atoms with Crippen LogP contribution in [0.5, 0.6) is 5.75 Å². The Morgan fingerprint density at radius 3 is 3.11 bits per heavy atom. The van der Waals surface area contributed by atoms with E-state index < -0.39 is 0 Å². The van der Waals surface area contributed by atoms with Crippen molar-refractivity contribution in [3.63, 3.8) is 0 Å². The van der Waals surface area contributed by atoms with Crippen LogP contribution in [0.25, 0.3) is 11.2 Å². The number of anilines is 1. The van der Waals surface area contributed by atoms with E-state index in [1.165, 1.54) is 18.3 Å². The van der Waals surface area contributed by atoms with E-state index in [9.17, 15) is 4.79 Å². The number of hydrogen-bond acceptors (Lipinski definition) is 8. The number of fused-ring (bicyclic) bond motifs is 1. The summed E-state index contributed by atoms with van der Waals surface area (Å²) in [7, 11) is 0. The monoisotopic (exact) mass is 387 g/mol. The number of nitrogens with one attached hydrogen (secondary N) is 1. The number of hydrogen-bond donors (Lipinski definition) is 1. The average Bonchev–Trinajstić information content (AvgIpc) is 3.26. The largest absolute Gasteiger partial charge is 0.487 e. The summed E-state index contributed by atoms with van der Waals surface area (Å²) >= 11 is 1.50. The summed E-state index contributed by atoms with van der Waals surface area (Å²) < 4.78 is 11.7. The summed E-state index contributed by atoms with van der Waals surface area (Å²) in [5.41, 5.74) is 1.24. The Morgan fingerprint density at radius 2 is 2.30 bits per heavy atom. The van der Waals surface area contributed by atoms with Gasteiger partial charge in [0.05, 0.1) is 6.20 Å². The number of carbonyl (C=O) groups excluding carboxylic acids is 1. The van der Waals surface area contributed by atoms with Crippen LogP contribution in [0, 0.1) is 6.92 Å². The number of rotatable bonds is 5. The van der Waals surface area contributed by atoms with E-state index in [-0.39, 0.29) is 12.0 Å². The molecule has 2 atom stereocenters. The van der Waals surface area contributed by atoms with Gasteiger partial charge in [-0.25, -0.2) is 9.97 Å². The molecule has 4 heterocycles. The second kappa shape index (κ2) is 7.24. The van der Waals surface area contributed by atoms with Crippen LogP contribution in [-0.2, 0) is 11.3 Å². The SMILES string of the molecule is CC(=O)Nc1ncc(CN2CC(Oc3cnc4nc(C)oc4c3)CC2C)s1. The number of oxazole rings is 1. The number of ether oxygens (including phenoxy) is 1. The fourth-order valence-corrected chi connectivity index (χ4v) is 4.19. The molecule has 1 aliphatic heterocycles. The van der Waals surface area contributed by atoms with Crippen LogP contribution in [-0.4, -0.2) is 44.4 Å². The topological polar surface area (TPSA) is 93.4 Å². The maximum Gasteiger partial charge on any atom is 0.223 e. The zero-order valence-corrected chi connectivity index (χ0v) is 16.2. The highest BCUT2D eigenvalue weighted by molar-refractivity contribution is 7.15. The van der Waals surface area contributed by atoms with Crippen LogP contribution in [0.2, 0.25) is 0 Å². The lowest BCUT2D eigenvalue weighted by Gasteiger charge is -2.19. The van der Waals surface area contributed by atoms with Gasteiger partial charge in [-0.3, -0.25) is 9.69 Å². The summed E-state index contributed by atoms with van der Waals surface area (Å²) in [5, 5.41) is 3.36. The van der Waals surface area contributed by atoms with Crippen molar-refractivity contribution in [2.75, 3.05) is 11.9 Å². The number of carbonyl (C=O) groups is 1. The van der Waals surface area contributed by atoms with E-state index >= 15 is 0 Å². The molecule has 142 valence electrons. The molecule has 3 aromatic heterocycles. The van der Waals surface area contributed by atoms with Gasteiger partial charge in [-0.1, -0.05) is 0 Å². The average molecular weight is 387 g/mol. The zero-order valence-electron chi connectivity index (χ0n) is 15.4. The Bertz CT molecular complexity index is 969. The number of nitrogens with zero attached hydrogens (tertiary/aromatic N) is 4. The van der Waals surface area contributed by atoms with Crippen molar-refractivity contribution in [1.29, 1.82) is 0 Å². The van der Waals surface area contributed by atoms with E-state index in [0.29, 0.717) is 34.0 Å². The first-order valence-corrected chi connectivity index (χ1v) is 9.64. The minimum atomic E-state index is -0.105. The molecule has 4 rings (SSSR count). The number of pyridine rings is 1. The number of amides is 1. The Kier molecular flexibility index (Phi) is 4.79. The molecule has 0 spiro atoms. The van der Waals surface area contributed by atoms with Crippen LogP contribution < -0.4 is 10.1 Å². The molecule has 0 aliphatic carbocycles. The van der Waals surface area contributed by atoms with Gasteiger partial charge in [0, 0.05) is 56.5 Å². The van der Waals surface area contributed by atoms with Crippen LogP contribution in [0.4, 0.5) is 5.13 Å². The predicted octanol–water partition coefficient (Wildman–Crippen LogP) is 2.99. The van der Waals surface area contributed by atoms with Crippen LogP contribution in [0.1, 0.15) is 31.0 Å². The van der Waals surface area contributed by atoms with Crippen molar-refractivity contribution in [2.24, 2.45) is 0 Å². The number of aromatic nitrogens is 3. The summed E-state index contributed by atoms with van der Waals surface area (Å²) in [6.45, 7) is 7.09. The smallest absolute Gasteiger partial charge is 0.223 e. The standard InChI is InChI=1S/C18H21N5O3S/c1-10-4-14(26-13-5-16-17(19-6-13)22-12(3)25-16)8-23(10)9-15-7-20-18(27-15)21-11(2)24/h5-7,10,14H,4,8-9H2,1-3H3,(H,20,21,24). The van der Waals surface area contributed by atoms with Gasteiger partial charge in [-0.05, 0) is 6.92 Å². The third-order valence-corrected chi connectivity index (χ3v) is 5.39. The molecule has 1 saturated heterocycles. The quantitative estimate of drug-likeness (QED) is 0.719. The minimum absolute atomic E-state index is 0.0889. The second-order valence-corrected chi connectivity index (χ2v) is 7.91. The Labute approximate surface area is 160 Å². The van der Waals surface area contributed by atoms with Gasteiger partial charge < -0.3 is 14.5 Å². The molecule has 3 aromatic rings. The molecule has 1 aliphatic rings. The summed E-state index contributed by atoms with van der Waals surface area (Å²) in [6.07, 6.45) is 4.54. The third kappa shape index (κ3) is 4.09.